The molecular weight excluding hydrogens is 416 g/mol. The van der Waals surface area contributed by atoms with E-state index in [2.05, 4.69) is 20.5 Å². The van der Waals surface area contributed by atoms with E-state index in [0.717, 1.165) is 12.1 Å². The minimum Gasteiger partial charge on any atom is -0.485 e. The average Bonchev–Trinajstić information content (AvgIpc) is 3.23. The third-order valence-corrected chi connectivity index (χ3v) is 4.76. The topological polar surface area (TPSA) is 84.3 Å². The Bertz CT molecular complexity index is 1250. The lowest BCUT2D eigenvalue weighted by molar-refractivity contribution is 0.102. The van der Waals surface area contributed by atoms with Crippen LogP contribution in [0.4, 0.5) is 14.5 Å². The van der Waals surface area contributed by atoms with E-state index in [1.165, 1.54) is 28.9 Å². The second kappa shape index (κ2) is 7.75. The van der Waals surface area contributed by atoms with Crippen molar-refractivity contribution in [2.75, 3.05) is 5.32 Å². The molecule has 0 atom stereocenters. The molecule has 3 heterocycles. The zero-order valence-electron chi connectivity index (χ0n) is 16.0. The highest BCUT2D eigenvalue weighted by molar-refractivity contribution is 6.30. The summed E-state index contributed by atoms with van der Waals surface area (Å²) in [7, 11) is 0. The largest absolute Gasteiger partial charge is 0.485 e. The van der Waals surface area contributed by atoms with Crippen LogP contribution in [0.5, 0.6) is 5.75 Å². The van der Waals surface area contributed by atoms with Gasteiger partial charge in [-0.15, -0.1) is 0 Å². The van der Waals surface area contributed by atoms with Gasteiger partial charge in [-0.3, -0.25) is 14.3 Å². The van der Waals surface area contributed by atoms with Crippen molar-refractivity contribution in [3.8, 4) is 5.75 Å². The number of carbonyl (C=O) groups excluding carboxylic acids is 1. The highest BCUT2D eigenvalue weighted by Crippen LogP contribution is 2.28. The van der Waals surface area contributed by atoms with E-state index < -0.39 is 17.5 Å². The van der Waals surface area contributed by atoms with Crippen molar-refractivity contribution in [1.82, 2.24) is 19.6 Å². The Morgan fingerprint density at radius 3 is 2.70 bits per heavy atom. The number of H-pyrrole nitrogens is 1. The molecule has 4 aromatic rings. The van der Waals surface area contributed by atoms with Gasteiger partial charge in [-0.2, -0.15) is 5.10 Å². The van der Waals surface area contributed by atoms with E-state index in [4.69, 9.17) is 16.3 Å². The Balaban J connectivity index is 1.70. The molecule has 0 aliphatic heterocycles. The van der Waals surface area contributed by atoms with Crippen LogP contribution in [-0.4, -0.2) is 25.5 Å². The monoisotopic (exact) mass is 431 g/mol. The fourth-order valence-corrected chi connectivity index (χ4v) is 3.25. The number of nitrogens with one attached hydrogen (secondary N) is 2. The molecule has 0 bridgehead atoms. The van der Waals surface area contributed by atoms with Crippen LogP contribution < -0.4 is 10.1 Å². The molecule has 10 heteroatoms. The number of hydrogen-bond acceptors (Lipinski definition) is 4. The lowest BCUT2D eigenvalue weighted by atomic mass is 10.2. The van der Waals surface area contributed by atoms with E-state index >= 15 is 0 Å². The number of aryl methyl sites for hydroxylation is 2. The van der Waals surface area contributed by atoms with Gasteiger partial charge in [-0.05, 0) is 26.0 Å². The SMILES string of the molecule is Cc1nc2c(OCc3c(F)cccc3F)cc(Cl)cn2c1C(=O)Nc1cn[nH]c1C. The van der Waals surface area contributed by atoms with Crippen LogP contribution in [-0.2, 0) is 6.61 Å². The van der Waals surface area contributed by atoms with Crippen molar-refractivity contribution in [1.29, 1.82) is 0 Å². The number of imidazole rings is 1. The molecule has 0 aliphatic carbocycles. The second-order valence-corrected chi connectivity index (χ2v) is 7.05. The highest BCUT2D eigenvalue weighted by Gasteiger charge is 2.21. The molecule has 0 spiro atoms. The van der Waals surface area contributed by atoms with E-state index in [0.29, 0.717) is 22.7 Å². The van der Waals surface area contributed by atoms with Gasteiger partial charge < -0.3 is 10.1 Å². The summed E-state index contributed by atoms with van der Waals surface area (Å²) in [5.41, 5.74) is 1.98. The Hall–Kier alpha value is -3.46. The van der Waals surface area contributed by atoms with Crippen LogP contribution in [0.3, 0.4) is 0 Å². The number of pyridine rings is 1. The Kier molecular flexibility index (Phi) is 5.13. The van der Waals surface area contributed by atoms with Crippen molar-refractivity contribution in [2.24, 2.45) is 0 Å². The molecule has 3 aromatic heterocycles. The Labute approximate surface area is 174 Å². The molecule has 1 aromatic carbocycles. The minimum absolute atomic E-state index is 0.187. The van der Waals surface area contributed by atoms with Gasteiger partial charge in [0.15, 0.2) is 11.4 Å². The first-order chi connectivity index (χ1) is 14.3. The minimum atomic E-state index is -0.719. The summed E-state index contributed by atoms with van der Waals surface area (Å²) in [6.07, 6.45) is 3.01. The number of aromatic amines is 1. The lowest BCUT2D eigenvalue weighted by Crippen LogP contribution is -2.16. The first kappa shape index (κ1) is 19.8. The summed E-state index contributed by atoms with van der Waals surface area (Å²) < 4.78 is 34.9. The number of amides is 1. The summed E-state index contributed by atoms with van der Waals surface area (Å²) in [6.45, 7) is 3.07. The third kappa shape index (κ3) is 3.59. The van der Waals surface area contributed by atoms with Crippen molar-refractivity contribution >= 4 is 28.8 Å². The van der Waals surface area contributed by atoms with Crippen LogP contribution in [0, 0.1) is 25.5 Å². The lowest BCUT2D eigenvalue weighted by Gasteiger charge is -2.10. The van der Waals surface area contributed by atoms with Crippen LogP contribution >= 0.6 is 11.6 Å². The maximum absolute atomic E-state index is 13.9. The number of carbonyl (C=O) groups is 1. The summed E-state index contributed by atoms with van der Waals surface area (Å²) in [6, 6.07) is 5.05. The van der Waals surface area contributed by atoms with Crippen LogP contribution in [0.25, 0.3) is 5.65 Å². The third-order valence-electron chi connectivity index (χ3n) is 4.55. The first-order valence-electron chi connectivity index (χ1n) is 8.90. The number of hydrogen-bond donors (Lipinski definition) is 2. The predicted molar refractivity (Wildman–Crippen MR) is 107 cm³/mol. The van der Waals surface area contributed by atoms with Gasteiger partial charge in [-0.25, -0.2) is 13.8 Å². The maximum Gasteiger partial charge on any atom is 0.274 e. The molecule has 7 nitrogen and oxygen atoms in total. The van der Waals surface area contributed by atoms with Gasteiger partial charge in [0, 0.05) is 12.3 Å². The standard InChI is InChI=1S/C20H16ClF2N5O2/c1-10-16(7-24-27-10)26-20(29)18-11(2)25-19-17(6-12(21)8-28(18)19)30-9-13-14(22)4-3-5-15(13)23/h3-8H,9H2,1-2H3,(H,24,27)(H,26,29). The molecular formula is C20H16ClF2N5O2. The van der Waals surface area contributed by atoms with Crippen molar-refractivity contribution < 1.29 is 18.3 Å². The van der Waals surface area contributed by atoms with Crippen molar-refractivity contribution in [3.63, 3.8) is 0 Å². The average molecular weight is 432 g/mol. The van der Waals surface area contributed by atoms with Gasteiger partial charge >= 0.3 is 0 Å². The zero-order valence-corrected chi connectivity index (χ0v) is 16.7. The molecule has 2 N–H and O–H groups in total. The van der Waals surface area contributed by atoms with Gasteiger partial charge in [0.05, 0.1) is 33.9 Å². The Morgan fingerprint density at radius 1 is 1.30 bits per heavy atom. The van der Waals surface area contributed by atoms with E-state index in [1.807, 2.05) is 0 Å². The van der Waals surface area contributed by atoms with Crippen LogP contribution in [0.15, 0.2) is 36.7 Å². The molecule has 4 rings (SSSR count). The number of nitrogens with zero attached hydrogens (tertiary/aromatic N) is 3. The maximum atomic E-state index is 13.9. The first-order valence-corrected chi connectivity index (χ1v) is 9.28. The fraction of sp³-hybridized carbons (Fsp3) is 0.150. The highest BCUT2D eigenvalue weighted by atomic mass is 35.5. The molecule has 0 saturated heterocycles. The smallest absolute Gasteiger partial charge is 0.274 e. The van der Waals surface area contributed by atoms with Gasteiger partial charge in [0.2, 0.25) is 0 Å². The van der Waals surface area contributed by atoms with Gasteiger partial charge in [0.1, 0.15) is 23.9 Å². The Morgan fingerprint density at radius 2 is 2.03 bits per heavy atom. The van der Waals surface area contributed by atoms with Crippen LogP contribution in [0.2, 0.25) is 5.02 Å². The van der Waals surface area contributed by atoms with E-state index in [9.17, 15) is 13.6 Å². The number of ether oxygens (including phenoxy) is 1. The fourth-order valence-electron chi connectivity index (χ4n) is 3.05. The molecule has 30 heavy (non-hydrogen) atoms. The summed E-state index contributed by atoms with van der Waals surface area (Å²) in [4.78, 5) is 17.2. The number of aromatic nitrogens is 4. The second-order valence-electron chi connectivity index (χ2n) is 6.61. The number of anilines is 1. The summed E-state index contributed by atoms with van der Waals surface area (Å²) >= 11 is 6.20. The normalized spacial score (nSPS) is 11.1. The number of halogens is 3. The van der Waals surface area contributed by atoms with E-state index in [1.54, 1.807) is 13.8 Å². The molecule has 0 aliphatic rings. The molecule has 1 amide bonds. The van der Waals surface area contributed by atoms with Crippen LogP contribution in [0.1, 0.15) is 27.4 Å². The van der Waals surface area contributed by atoms with Gasteiger partial charge in [-0.1, -0.05) is 17.7 Å². The molecule has 0 fully saturated rings. The number of rotatable bonds is 5. The number of fused-ring (bicyclic) bond motifs is 1. The molecule has 0 radical (unpaired) electrons. The summed E-state index contributed by atoms with van der Waals surface area (Å²) in [5.74, 6) is -1.67. The quantitative estimate of drug-likeness (QED) is 0.489. The van der Waals surface area contributed by atoms with Gasteiger partial charge in [0.25, 0.3) is 5.91 Å². The number of benzene rings is 1. The summed E-state index contributed by atoms with van der Waals surface area (Å²) in [5, 5.41) is 9.64. The van der Waals surface area contributed by atoms with Crippen molar-refractivity contribution in [2.45, 2.75) is 20.5 Å². The van der Waals surface area contributed by atoms with E-state index in [-0.39, 0.29) is 28.6 Å². The van der Waals surface area contributed by atoms with Crippen molar-refractivity contribution in [3.05, 3.63) is 76.0 Å². The molecule has 154 valence electrons. The molecule has 0 unspecified atom stereocenters. The molecule has 0 saturated carbocycles. The predicted octanol–water partition coefficient (Wildman–Crippen LogP) is 4.44. The zero-order chi connectivity index (χ0) is 21.4.